The highest BCUT2D eigenvalue weighted by Gasteiger charge is 2.43. The van der Waals surface area contributed by atoms with Crippen LogP contribution in [0.25, 0.3) is 0 Å². The van der Waals surface area contributed by atoms with Crippen molar-refractivity contribution in [3.05, 3.63) is 53.3 Å². The lowest BCUT2D eigenvalue weighted by Gasteiger charge is -2.21. The molecule has 1 aromatic heterocycles. The van der Waals surface area contributed by atoms with E-state index in [0.29, 0.717) is 0 Å². The third kappa shape index (κ3) is 1.90. The number of carboxylic acid groups (broad SMARTS) is 1. The van der Waals surface area contributed by atoms with Gasteiger partial charge in [-0.1, -0.05) is 12.1 Å². The first-order valence-corrected chi connectivity index (χ1v) is 6.19. The van der Waals surface area contributed by atoms with E-state index in [2.05, 4.69) is 5.10 Å². The van der Waals surface area contributed by atoms with Crippen molar-refractivity contribution in [3.8, 4) is 0 Å². The van der Waals surface area contributed by atoms with Gasteiger partial charge in [0.15, 0.2) is 6.04 Å². The standard InChI is InChI=1S/C14H11N3O4/c1-16-7-8(6-15-16)11(14(20)21)17-12(18)9-4-2-3-5-10(9)13(17)19/h2-7,11H,1H3,(H,20,21). The van der Waals surface area contributed by atoms with Crippen LogP contribution in [0.4, 0.5) is 0 Å². The monoisotopic (exact) mass is 285 g/mol. The van der Waals surface area contributed by atoms with Gasteiger partial charge in [-0.15, -0.1) is 0 Å². The minimum Gasteiger partial charge on any atom is -0.479 e. The zero-order valence-electron chi connectivity index (χ0n) is 11.1. The van der Waals surface area contributed by atoms with Gasteiger partial charge in [0.25, 0.3) is 11.8 Å². The molecule has 1 aliphatic heterocycles. The average molecular weight is 285 g/mol. The first-order valence-electron chi connectivity index (χ1n) is 6.19. The van der Waals surface area contributed by atoms with Gasteiger partial charge in [0.1, 0.15) is 0 Å². The van der Waals surface area contributed by atoms with Crippen molar-refractivity contribution in [1.82, 2.24) is 14.7 Å². The molecule has 1 unspecified atom stereocenters. The fourth-order valence-electron chi connectivity index (χ4n) is 2.43. The molecule has 21 heavy (non-hydrogen) atoms. The largest absolute Gasteiger partial charge is 0.479 e. The summed E-state index contributed by atoms with van der Waals surface area (Å²) in [6.07, 6.45) is 2.81. The summed E-state index contributed by atoms with van der Waals surface area (Å²) in [5.74, 6) is -2.49. The summed E-state index contributed by atoms with van der Waals surface area (Å²) < 4.78 is 1.42. The summed E-state index contributed by atoms with van der Waals surface area (Å²) in [7, 11) is 1.63. The van der Waals surface area contributed by atoms with Crippen LogP contribution >= 0.6 is 0 Å². The number of aryl methyl sites for hydroxylation is 1. The van der Waals surface area contributed by atoms with E-state index in [-0.39, 0.29) is 16.7 Å². The Morgan fingerprint density at radius 2 is 1.76 bits per heavy atom. The number of imide groups is 1. The van der Waals surface area contributed by atoms with Gasteiger partial charge in [-0.25, -0.2) is 4.79 Å². The molecule has 0 bridgehead atoms. The molecular weight excluding hydrogens is 274 g/mol. The van der Waals surface area contributed by atoms with Gasteiger partial charge in [-0.2, -0.15) is 5.10 Å². The summed E-state index contributed by atoms with van der Waals surface area (Å²) in [4.78, 5) is 37.0. The van der Waals surface area contributed by atoms with Crippen LogP contribution in [0.2, 0.25) is 0 Å². The predicted molar refractivity (Wildman–Crippen MR) is 70.5 cm³/mol. The first-order chi connectivity index (χ1) is 10.0. The van der Waals surface area contributed by atoms with Crippen LogP contribution in [-0.2, 0) is 11.8 Å². The van der Waals surface area contributed by atoms with Crippen LogP contribution in [0.5, 0.6) is 0 Å². The molecule has 0 spiro atoms. The van der Waals surface area contributed by atoms with Crippen molar-refractivity contribution >= 4 is 17.8 Å². The van der Waals surface area contributed by atoms with Gasteiger partial charge in [-0.3, -0.25) is 19.2 Å². The molecule has 2 amide bonds. The van der Waals surface area contributed by atoms with E-state index in [1.807, 2.05) is 0 Å². The van der Waals surface area contributed by atoms with Crippen molar-refractivity contribution in [2.45, 2.75) is 6.04 Å². The van der Waals surface area contributed by atoms with Gasteiger partial charge in [0, 0.05) is 18.8 Å². The van der Waals surface area contributed by atoms with Gasteiger partial charge in [0.2, 0.25) is 0 Å². The molecule has 7 heteroatoms. The van der Waals surface area contributed by atoms with Crippen molar-refractivity contribution in [1.29, 1.82) is 0 Å². The third-order valence-corrected chi connectivity index (χ3v) is 3.36. The highest BCUT2D eigenvalue weighted by atomic mass is 16.4. The van der Waals surface area contributed by atoms with E-state index >= 15 is 0 Å². The van der Waals surface area contributed by atoms with Crippen molar-refractivity contribution < 1.29 is 19.5 Å². The van der Waals surface area contributed by atoms with Gasteiger partial charge in [0.05, 0.1) is 17.3 Å². The van der Waals surface area contributed by atoms with Crippen molar-refractivity contribution in [3.63, 3.8) is 0 Å². The van der Waals surface area contributed by atoms with Crippen molar-refractivity contribution in [2.75, 3.05) is 0 Å². The molecule has 106 valence electrons. The fraction of sp³-hybridized carbons (Fsp3) is 0.143. The number of nitrogens with zero attached hydrogens (tertiary/aromatic N) is 3. The number of aromatic nitrogens is 2. The number of aliphatic carboxylic acids is 1. The molecule has 3 rings (SSSR count). The SMILES string of the molecule is Cn1cc(C(C(=O)O)N2C(=O)c3ccccc3C2=O)cn1. The van der Waals surface area contributed by atoms with Crippen LogP contribution < -0.4 is 0 Å². The summed E-state index contributed by atoms with van der Waals surface area (Å²) in [5.41, 5.74) is 0.717. The topological polar surface area (TPSA) is 92.5 Å². The fourth-order valence-corrected chi connectivity index (χ4v) is 2.43. The molecule has 0 radical (unpaired) electrons. The number of hydrogen-bond donors (Lipinski definition) is 1. The molecule has 0 saturated heterocycles. The lowest BCUT2D eigenvalue weighted by atomic mass is 10.1. The molecular formula is C14H11N3O4. The Kier molecular flexibility index (Phi) is 2.83. The van der Waals surface area contributed by atoms with Crippen LogP contribution in [0.1, 0.15) is 32.3 Å². The smallest absolute Gasteiger partial charge is 0.331 e. The molecule has 1 aromatic carbocycles. The predicted octanol–water partition coefficient (Wildman–Crippen LogP) is 0.842. The van der Waals surface area contributed by atoms with Crippen molar-refractivity contribution in [2.24, 2.45) is 7.05 Å². The van der Waals surface area contributed by atoms with E-state index in [0.717, 1.165) is 4.90 Å². The molecule has 1 aliphatic rings. The second-order valence-corrected chi connectivity index (χ2v) is 4.71. The molecule has 2 aromatic rings. The van der Waals surface area contributed by atoms with Gasteiger partial charge >= 0.3 is 5.97 Å². The molecule has 0 aliphatic carbocycles. The zero-order valence-corrected chi connectivity index (χ0v) is 11.1. The second kappa shape index (κ2) is 4.55. The lowest BCUT2D eigenvalue weighted by molar-refractivity contribution is -0.141. The maximum absolute atomic E-state index is 12.3. The summed E-state index contributed by atoms with van der Waals surface area (Å²) in [6.45, 7) is 0. The highest BCUT2D eigenvalue weighted by Crippen LogP contribution is 2.31. The normalized spacial score (nSPS) is 15.2. The third-order valence-electron chi connectivity index (χ3n) is 3.36. The number of amides is 2. The molecule has 7 nitrogen and oxygen atoms in total. The van der Waals surface area contributed by atoms with E-state index in [1.54, 1.807) is 19.2 Å². The average Bonchev–Trinajstić information content (AvgIpc) is 2.97. The maximum Gasteiger partial charge on any atom is 0.331 e. The maximum atomic E-state index is 12.3. The van der Waals surface area contributed by atoms with E-state index < -0.39 is 23.8 Å². The molecule has 0 saturated carbocycles. The van der Waals surface area contributed by atoms with Gasteiger partial charge < -0.3 is 5.11 Å². The Hall–Kier alpha value is -2.96. The number of benzene rings is 1. The Morgan fingerprint density at radius 1 is 1.19 bits per heavy atom. The summed E-state index contributed by atoms with van der Waals surface area (Å²) >= 11 is 0. The number of rotatable bonds is 3. The Bertz CT molecular complexity index is 730. The van der Waals surface area contributed by atoms with Gasteiger partial charge in [-0.05, 0) is 12.1 Å². The van der Waals surface area contributed by atoms with Crippen LogP contribution in [0.15, 0.2) is 36.7 Å². The summed E-state index contributed by atoms with van der Waals surface area (Å²) in [6, 6.07) is 4.90. The lowest BCUT2D eigenvalue weighted by Crippen LogP contribution is -2.38. The second-order valence-electron chi connectivity index (χ2n) is 4.71. The Morgan fingerprint density at radius 3 is 2.19 bits per heavy atom. The van der Waals surface area contributed by atoms with Crippen LogP contribution in [-0.4, -0.2) is 37.6 Å². The zero-order chi connectivity index (χ0) is 15.1. The van der Waals surface area contributed by atoms with Crippen LogP contribution in [0, 0.1) is 0 Å². The van der Waals surface area contributed by atoms with E-state index in [9.17, 15) is 19.5 Å². The van der Waals surface area contributed by atoms with E-state index in [4.69, 9.17) is 0 Å². The summed E-state index contributed by atoms with van der Waals surface area (Å²) in [5, 5.41) is 13.3. The number of carbonyl (C=O) groups is 3. The first kappa shape index (κ1) is 13.0. The number of carboxylic acids is 1. The highest BCUT2D eigenvalue weighted by molar-refractivity contribution is 6.22. The quantitative estimate of drug-likeness (QED) is 0.844. The Labute approximate surface area is 119 Å². The minimum absolute atomic E-state index is 0.220. The van der Waals surface area contributed by atoms with E-state index in [1.165, 1.54) is 29.2 Å². The number of carbonyl (C=O) groups excluding carboxylic acids is 2. The molecule has 1 N–H and O–H groups in total. The number of fused-ring (bicyclic) bond motifs is 1. The minimum atomic E-state index is -1.38. The molecule has 2 heterocycles. The Balaban J connectivity index is 2.09. The molecule has 0 fully saturated rings. The number of hydrogen-bond acceptors (Lipinski definition) is 4. The van der Waals surface area contributed by atoms with Crippen LogP contribution in [0.3, 0.4) is 0 Å². The molecule has 1 atom stereocenters.